The lowest BCUT2D eigenvalue weighted by Gasteiger charge is -2.16. The van der Waals surface area contributed by atoms with Crippen molar-refractivity contribution in [2.45, 2.75) is 18.2 Å². The number of sulfonamides is 1. The van der Waals surface area contributed by atoms with E-state index in [0.29, 0.717) is 0 Å². The van der Waals surface area contributed by atoms with E-state index < -0.39 is 21.9 Å². The van der Waals surface area contributed by atoms with Crippen LogP contribution >= 0.6 is 15.9 Å². The first-order chi connectivity index (χ1) is 10.8. The highest BCUT2D eigenvalue weighted by molar-refractivity contribution is 9.10. The monoisotopic (exact) mass is 406 g/mol. The average molecular weight is 407 g/mol. The lowest BCUT2D eigenvalue weighted by molar-refractivity contribution is -0.143. The molecule has 0 fully saturated rings. The SMILES string of the molecule is CCOC(=O)CCNC(=O)CN(C)S(=O)(=O)c1ccc(Br)cc1. The Labute approximate surface area is 144 Å². The summed E-state index contributed by atoms with van der Waals surface area (Å²) in [5.74, 6) is -0.902. The minimum Gasteiger partial charge on any atom is -0.466 e. The molecule has 1 aromatic rings. The highest BCUT2D eigenvalue weighted by Gasteiger charge is 2.22. The maximum Gasteiger partial charge on any atom is 0.307 e. The lowest BCUT2D eigenvalue weighted by Crippen LogP contribution is -2.39. The van der Waals surface area contributed by atoms with Crippen molar-refractivity contribution in [1.29, 1.82) is 0 Å². The van der Waals surface area contributed by atoms with Crippen LogP contribution in [0.4, 0.5) is 0 Å². The number of esters is 1. The van der Waals surface area contributed by atoms with Crippen molar-refractivity contribution in [2.24, 2.45) is 0 Å². The molecule has 0 aromatic heterocycles. The largest absolute Gasteiger partial charge is 0.466 e. The summed E-state index contributed by atoms with van der Waals surface area (Å²) in [5.41, 5.74) is 0. The number of rotatable bonds is 8. The van der Waals surface area contributed by atoms with Crippen LogP contribution in [0.2, 0.25) is 0 Å². The minimum absolute atomic E-state index is 0.0444. The van der Waals surface area contributed by atoms with Gasteiger partial charge in [0.2, 0.25) is 15.9 Å². The summed E-state index contributed by atoms with van der Waals surface area (Å²) < 4.78 is 31.0. The maximum atomic E-state index is 12.3. The molecule has 0 spiro atoms. The Hall–Kier alpha value is -1.45. The number of likely N-dealkylation sites (N-methyl/N-ethyl adjacent to an activating group) is 1. The molecule has 1 amide bonds. The predicted molar refractivity (Wildman–Crippen MR) is 88.2 cm³/mol. The van der Waals surface area contributed by atoms with Gasteiger partial charge in [-0.3, -0.25) is 9.59 Å². The first-order valence-corrected chi connectivity index (χ1v) is 9.15. The first kappa shape index (κ1) is 19.6. The molecule has 0 atom stereocenters. The Morgan fingerprint density at radius 2 is 1.87 bits per heavy atom. The number of nitrogens with zero attached hydrogens (tertiary/aromatic N) is 1. The maximum absolute atomic E-state index is 12.3. The zero-order chi connectivity index (χ0) is 17.5. The molecule has 0 saturated heterocycles. The molecular weight excluding hydrogens is 388 g/mol. The number of carbonyl (C=O) groups is 2. The number of halogens is 1. The highest BCUT2D eigenvalue weighted by Crippen LogP contribution is 2.17. The zero-order valence-electron chi connectivity index (χ0n) is 12.9. The van der Waals surface area contributed by atoms with E-state index in [1.807, 2.05) is 0 Å². The minimum atomic E-state index is -3.74. The van der Waals surface area contributed by atoms with Crippen molar-refractivity contribution in [1.82, 2.24) is 9.62 Å². The van der Waals surface area contributed by atoms with Crippen LogP contribution in [0.25, 0.3) is 0 Å². The third-order valence-corrected chi connectivity index (χ3v) is 5.19. The van der Waals surface area contributed by atoms with Crippen molar-refractivity contribution in [3.05, 3.63) is 28.7 Å². The smallest absolute Gasteiger partial charge is 0.307 e. The summed E-state index contributed by atoms with van der Waals surface area (Å²) in [6.07, 6.45) is 0.0444. The molecule has 0 saturated carbocycles. The molecule has 128 valence electrons. The van der Waals surface area contributed by atoms with E-state index in [9.17, 15) is 18.0 Å². The zero-order valence-corrected chi connectivity index (χ0v) is 15.3. The second-order valence-electron chi connectivity index (χ2n) is 4.62. The predicted octanol–water partition coefficient (Wildman–Crippen LogP) is 1.14. The van der Waals surface area contributed by atoms with Gasteiger partial charge in [0, 0.05) is 18.1 Å². The van der Waals surface area contributed by atoms with Crippen LogP contribution in [-0.2, 0) is 24.3 Å². The first-order valence-electron chi connectivity index (χ1n) is 6.91. The van der Waals surface area contributed by atoms with E-state index in [1.165, 1.54) is 19.2 Å². The van der Waals surface area contributed by atoms with E-state index in [1.54, 1.807) is 19.1 Å². The van der Waals surface area contributed by atoms with Crippen molar-refractivity contribution >= 4 is 37.8 Å². The molecule has 0 radical (unpaired) electrons. The Balaban J connectivity index is 2.54. The van der Waals surface area contributed by atoms with Crippen LogP contribution in [-0.4, -0.2) is 51.3 Å². The molecular formula is C14H19BrN2O5S. The fraction of sp³-hybridized carbons (Fsp3) is 0.429. The summed E-state index contributed by atoms with van der Waals surface area (Å²) >= 11 is 3.23. The van der Waals surface area contributed by atoms with Gasteiger partial charge in [-0.15, -0.1) is 0 Å². The van der Waals surface area contributed by atoms with Gasteiger partial charge in [-0.1, -0.05) is 15.9 Å². The molecule has 9 heteroatoms. The number of amides is 1. The van der Waals surface area contributed by atoms with Crippen LogP contribution < -0.4 is 5.32 Å². The Bertz CT molecular complexity index is 646. The van der Waals surface area contributed by atoms with E-state index in [0.717, 1.165) is 8.78 Å². The second kappa shape index (κ2) is 8.99. The molecule has 0 aliphatic rings. The molecule has 23 heavy (non-hydrogen) atoms. The molecule has 0 bridgehead atoms. The fourth-order valence-electron chi connectivity index (χ4n) is 1.67. The van der Waals surface area contributed by atoms with Crippen LogP contribution in [0.5, 0.6) is 0 Å². The van der Waals surface area contributed by atoms with Crippen LogP contribution in [0, 0.1) is 0 Å². The van der Waals surface area contributed by atoms with Gasteiger partial charge < -0.3 is 10.1 Å². The van der Waals surface area contributed by atoms with Crippen LogP contribution in [0.3, 0.4) is 0 Å². The molecule has 7 nitrogen and oxygen atoms in total. The fourth-order valence-corrected chi connectivity index (χ4v) is 3.06. The second-order valence-corrected chi connectivity index (χ2v) is 7.58. The van der Waals surface area contributed by atoms with Crippen molar-refractivity contribution < 1.29 is 22.7 Å². The normalized spacial score (nSPS) is 11.3. The van der Waals surface area contributed by atoms with Crippen molar-refractivity contribution in [3.8, 4) is 0 Å². The van der Waals surface area contributed by atoms with Gasteiger partial charge in [0.05, 0.1) is 24.5 Å². The number of ether oxygens (including phenoxy) is 1. The van der Waals surface area contributed by atoms with E-state index in [2.05, 4.69) is 21.2 Å². The van der Waals surface area contributed by atoms with Gasteiger partial charge in [0.1, 0.15) is 0 Å². The number of hydrogen-bond acceptors (Lipinski definition) is 5. The molecule has 0 aliphatic heterocycles. The summed E-state index contributed by atoms with van der Waals surface area (Å²) in [4.78, 5) is 23.0. The van der Waals surface area contributed by atoms with Crippen LogP contribution in [0.1, 0.15) is 13.3 Å². The number of benzene rings is 1. The number of nitrogens with one attached hydrogen (secondary N) is 1. The van der Waals surface area contributed by atoms with E-state index in [4.69, 9.17) is 4.74 Å². The Morgan fingerprint density at radius 3 is 2.43 bits per heavy atom. The molecule has 0 aliphatic carbocycles. The Kier molecular flexibility index (Phi) is 7.66. The van der Waals surface area contributed by atoms with Crippen molar-refractivity contribution in [3.63, 3.8) is 0 Å². The summed E-state index contributed by atoms with van der Waals surface area (Å²) in [7, 11) is -2.42. The summed E-state index contributed by atoms with van der Waals surface area (Å²) in [5, 5.41) is 2.48. The van der Waals surface area contributed by atoms with Crippen LogP contribution in [0.15, 0.2) is 33.6 Å². The third kappa shape index (κ3) is 6.28. The Morgan fingerprint density at radius 1 is 1.26 bits per heavy atom. The molecule has 1 N–H and O–H groups in total. The van der Waals surface area contributed by atoms with Gasteiger partial charge in [0.15, 0.2) is 0 Å². The number of hydrogen-bond donors (Lipinski definition) is 1. The quantitative estimate of drug-likeness (QED) is 0.653. The van der Waals surface area contributed by atoms with Crippen molar-refractivity contribution in [2.75, 3.05) is 26.7 Å². The summed E-state index contributed by atoms with van der Waals surface area (Å²) in [6.45, 7) is 1.74. The standard InChI is InChI=1S/C14H19BrN2O5S/c1-3-22-14(19)8-9-16-13(18)10-17(2)23(20,21)12-6-4-11(15)5-7-12/h4-7H,3,8-10H2,1-2H3,(H,16,18). The van der Waals surface area contributed by atoms with E-state index >= 15 is 0 Å². The summed E-state index contributed by atoms with van der Waals surface area (Å²) in [6, 6.07) is 6.13. The molecule has 1 aromatic carbocycles. The van der Waals surface area contributed by atoms with Gasteiger partial charge in [-0.05, 0) is 31.2 Å². The lowest BCUT2D eigenvalue weighted by atomic mass is 10.4. The van der Waals surface area contributed by atoms with Gasteiger partial charge in [-0.25, -0.2) is 8.42 Å². The van der Waals surface area contributed by atoms with Gasteiger partial charge >= 0.3 is 5.97 Å². The highest BCUT2D eigenvalue weighted by atomic mass is 79.9. The van der Waals surface area contributed by atoms with Gasteiger partial charge in [0.25, 0.3) is 0 Å². The topological polar surface area (TPSA) is 92.8 Å². The van der Waals surface area contributed by atoms with E-state index in [-0.39, 0.29) is 31.0 Å². The molecule has 1 rings (SSSR count). The molecule has 0 heterocycles. The average Bonchev–Trinajstić information content (AvgIpc) is 2.47. The van der Waals surface area contributed by atoms with Gasteiger partial charge in [-0.2, -0.15) is 4.31 Å². The number of carbonyl (C=O) groups excluding carboxylic acids is 2. The third-order valence-electron chi connectivity index (χ3n) is 2.84. The molecule has 0 unspecified atom stereocenters.